The van der Waals surface area contributed by atoms with Crippen molar-refractivity contribution in [1.29, 1.82) is 5.26 Å². The van der Waals surface area contributed by atoms with Gasteiger partial charge in [-0.1, -0.05) is 0 Å². The van der Waals surface area contributed by atoms with Gasteiger partial charge in [0.15, 0.2) is 5.84 Å². The van der Waals surface area contributed by atoms with Gasteiger partial charge >= 0.3 is 0 Å². The maximum atomic E-state index is 9.49. The molecule has 7 rings (SSSR count). The maximum absolute atomic E-state index is 9.49. The Morgan fingerprint density at radius 1 is 1.26 bits per heavy atom. The number of aromatic nitrogens is 4. The van der Waals surface area contributed by atoms with Gasteiger partial charge in [0.1, 0.15) is 40.8 Å². The summed E-state index contributed by atoms with van der Waals surface area (Å²) in [4.78, 5) is 20.2. The first-order valence-electron chi connectivity index (χ1n) is 11.8. The molecule has 0 amide bonds. The molecule has 3 aromatic rings. The summed E-state index contributed by atoms with van der Waals surface area (Å²) in [5.41, 5.74) is 2.84. The fraction of sp³-hybridized carbons (Fsp3) is 0.500. The topological polar surface area (TPSA) is 116 Å². The number of rotatable bonds is 1. The van der Waals surface area contributed by atoms with Crippen molar-refractivity contribution in [2.45, 2.75) is 38.6 Å². The maximum Gasteiger partial charge on any atom is 0.156 e. The van der Waals surface area contributed by atoms with Gasteiger partial charge in [-0.05, 0) is 26.3 Å². The van der Waals surface area contributed by atoms with Gasteiger partial charge < -0.3 is 29.2 Å². The van der Waals surface area contributed by atoms with E-state index in [1.165, 1.54) is 0 Å². The van der Waals surface area contributed by atoms with Crippen molar-refractivity contribution in [3.63, 3.8) is 0 Å². The first kappa shape index (κ1) is 20.0. The highest BCUT2D eigenvalue weighted by atomic mass is 16.5. The molecule has 4 aliphatic heterocycles. The molecule has 2 saturated heterocycles. The normalized spacial score (nSPS) is 24.2. The first-order chi connectivity index (χ1) is 16.5. The van der Waals surface area contributed by atoms with E-state index in [2.05, 4.69) is 44.7 Å². The van der Waals surface area contributed by atoms with Crippen LogP contribution in [0.3, 0.4) is 0 Å². The van der Waals surface area contributed by atoms with Gasteiger partial charge in [0.25, 0.3) is 0 Å². The molecule has 174 valence electrons. The van der Waals surface area contributed by atoms with Crippen LogP contribution in [-0.2, 0) is 21.6 Å². The minimum absolute atomic E-state index is 0.234. The molecule has 0 aromatic carbocycles. The molecule has 2 fully saturated rings. The molecule has 1 unspecified atom stereocenters. The first-order valence-corrected chi connectivity index (χ1v) is 11.8. The van der Waals surface area contributed by atoms with Crippen LogP contribution >= 0.6 is 0 Å². The lowest BCUT2D eigenvalue weighted by atomic mass is 9.85. The lowest BCUT2D eigenvalue weighted by Gasteiger charge is -2.38. The highest BCUT2D eigenvalue weighted by molar-refractivity contribution is 6.03. The van der Waals surface area contributed by atoms with Crippen LogP contribution < -0.4 is 5.32 Å². The number of aromatic amines is 1. The van der Waals surface area contributed by atoms with Crippen LogP contribution in [0, 0.1) is 16.7 Å². The SMILES string of the molecule is CC1(C)OCCn2c1nc1c2NC(c2cnc3[nH]cc(C#N)c3c2)N=C1N1CCC2(COC2)C1. The Labute approximate surface area is 196 Å². The van der Waals surface area contributed by atoms with Crippen molar-refractivity contribution in [2.24, 2.45) is 10.4 Å². The van der Waals surface area contributed by atoms with Crippen LogP contribution in [0.2, 0.25) is 0 Å². The van der Waals surface area contributed by atoms with Crippen molar-refractivity contribution in [1.82, 2.24) is 24.4 Å². The van der Waals surface area contributed by atoms with Gasteiger partial charge in [0.05, 0.1) is 25.4 Å². The molecule has 2 N–H and O–H groups in total. The number of H-pyrrole nitrogens is 1. The Hall–Kier alpha value is -3.42. The fourth-order valence-electron chi connectivity index (χ4n) is 5.63. The standard InChI is InChI=1S/C24H26N8O2/c1-23(2)22-28-17-20(31-4-3-24(11-31)12-33-13-24)29-18(30-21(17)32(22)5-6-34-23)14-7-16-15(8-25)10-27-19(16)26-9-14/h7,9-10,18,30H,3-6,11-13H2,1-2H3,(H,26,27). The third-order valence-electron chi connectivity index (χ3n) is 7.56. The van der Waals surface area contributed by atoms with E-state index in [0.29, 0.717) is 17.8 Å². The molecule has 1 spiro atoms. The van der Waals surface area contributed by atoms with Crippen molar-refractivity contribution in [2.75, 3.05) is 38.2 Å². The second-order valence-electron chi connectivity index (χ2n) is 10.3. The van der Waals surface area contributed by atoms with E-state index in [1.54, 1.807) is 6.20 Å². The van der Waals surface area contributed by atoms with Crippen LogP contribution in [0.1, 0.15) is 49.1 Å². The minimum Gasteiger partial charge on any atom is -0.380 e. The molecule has 0 saturated carbocycles. The number of fused-ring (bicyclic) bond motifs is 4. The van der Waals surface area contributed by atoms with E-state index in [1.807, 2.05) is 12.3 Å². The number of anilines is 1. The molecule has 4 aliphatic rings. The summed E-state index contributed by atoms with van der Waals surface area (Å²) in [6.45, 7) is 8.99. The van der Waals surface area contributed by atoms with Crippen molar-refractivity contribution in [3.8, 4) is 6.07 Å². The largest absolute Gasteiger partial charge is 0.380 e. The average Bonchev–Trinajstić information content (AvgIpc) is 3.53. The van der Waals surface area contributed by atoms with Crippen LogP contribution in [0.25, 0.3) is 11.0 Å². The number of amidine groups is 1. The number of hydrogen-bond acceptors (Lipinski definition) is 8. The zero-order valence-electron chi connectivity index (χ0n) is 19.3. The minimum atomic E-state index is -0.473. The number of aliphatic imine (C=N–C) groups is 1. The van der Waals surface area contributed by atoms with Gasteiger partial charge in [-0.15, -0.1) is 0 Å². The van der Waals surface area contributed by atoms with Gasteiger partial charge in [-0.2, -0.15) is 5.26 Å². The molecule has 10 nitrogen and oxygen atoms in total. The molecular formula is C24H26N8O2. The molecule has 10 heteroatoms. The second kappa shape index (κ2) is 6.81. The second-order valence-corrected chi connectivity index (χ2v) is 10.3. The van der Waals surface area contributed by atoms with E-state index in [0.717, 1.165) is 73.4 Å². The number of hydrogen-bond donors (Lipinski definition) is 2. The number of nitriles is 1. The monoisotopic (exact) mass is 458 g/mol. The van der Waals surface area contributed by atoms with Gasteiger partial charge in [-0.25, -0.2) is 15.0 Å². The zero-order valence-corrected chi connectivity index (χ0v) is 19.3. The molecule has 0 aliphatic carbocycles. The summed E-state index contributed by atoms with van der Waals surface area (Å²) in [6.07, 6.45) is 4.30. The zero-order chi connectivity index (χ0) is 23.1. The number of pyridine rings is 1. The van der Waals surface area contributed by atoms with Crippen molar-refractivity contribution >= 4 is 22.7 Å². The van der Waals surface area contributed by atoms with Crippen molar-refractivity contribution in [3.05, 3.63) is 41.1 Å². The Morgan fingerprint density at radius 3 is 2.91 bits per heavy atom. The van der Waals surface area contributed by atoms with Gasteiger partial charge in [-0.3, -0.25) is 0 Å². The molecule has 7 heterocycles. The number of likely N-dealkylation sites (tertiary alicyclic amines) is 1. The van der Waals surface area contributed by atoms with E-state index in [4.69, 9.17) is 19.5 Å². The third-order valence-corrected chi connectivity index (χ3v) is 7.56. The molecule has 0 radical (unpaired) electrons. The summed E-state index contributed by atoms with van der Waals surface area (Å²) < 4.78 is 13.8. The number of nitrogens with one attached hydrogen (secondary N) is 2. The molecule has 3 aromatic heterocycles. The van der Waals surface area contributed by atoms with E-state index in [9.17, 15) is 5.26 Å². The predicted molar refractivity (Wildman–Crippen MR) is 124 cm³/mol. The third kappa shape index (κ3) is 2.77. The molecular weight excluding hydrogens is 432 g/mol. The van der Waals surface area contributed by atoms with Crippen LogP contribution in [-0.4, -0.2) is 63.2 Å². The summed E-state index contributed by atoms with van der Waals surface area (Å²) in [7, 11) is 0. The number of imidazole rings is 1. The lowest BCUT2D eigenvalue weighted by molar-refractivity contribution is -0.102. The number of nitrogens with zero attached hydrogens (tertiary/aromatic N) is 6. The Morgan fingerprint density at radius 2 is 2.15 bits per heavy atom. The van der Waals surface area contributed by atoms with Gasteiger partial charge in [0.2, 0.25) is 0 Å². The summed E-state index contributed by atoms with van der Waals surface area (Å²) >= 11 is 0. The summed E-state index contributed by atoms with van der Waals surface area (Å²) in [5.74, 6) is 2.80. The van der Waals surface area contributed by atoms with E-state index >= 15 is 0 Å². The lowest BCUT2D eigenvalue weighted by Crippen LogP contribution is -2.46. The quantitative estimate of drug-likeness (QED) is 0.575. The Balaban J connectivity index is 1.35. The highest BCUT2D eigenvalue weighted by Crippen LogP contribution is 2.42. The van der Waals surface area contributed by atoms with Crippen LogP contribution in [0.15, 0.2) is 23.5 Å². The van der Waals surface area contributed by atoms with E-state index < -0.39 is 5.60 Å². The molecule has 0 bridgehead atoms. The predicted octanol–water partition coefficient (Wildman–Crippen LogP) is 2.49. The summed E-state index contributed by atoms with van der Waals surface area (Å²) in [6, 6.07) is 4.25. The Bertz CT molecular complexity index is 1390. The Kier molecular flexibility index (Phi) is 4.00. The molecule has 34 heavy (non-hydrogen) atoms. The highest BCUT2D eigenvalue weighted by Gasteiger charge is 2.47. The smallest absolute Gasteiger partial charge is 0.156 e. The van der Waals surface area contributed by atoms with Gasteiger partial charge in [0, 0.05) is 48.4 Å². The molecule has 1 atom stereocenters. The number of ether oxygens (including phenoxy) is 2. The van der Waals surface area contributed by atoms with Crippen LogP contribution in [0.4, 0.5) is 5.82 Å². The summed E-state index contributed by atoms with van der Waals surface area (Å²) in [5, 5.41) is 13.9. The van der Waals surface area contributed by atoms with E-state index in [-0.39, 0.29) is 11.6 Å². The fourth-order valence-corrected chi connectivity index (χ4v) is 5.63. The van der Waals surface area contributed by atoms with Crippen molar-refractivity contribution < 1.29 is 9.47 Å². The average molecular weight is 459 g/mol. The van der Waals surface area contributed by atoms with Crippen LogP contribution in [0.5, 0.6) is 0 Å².